The highest BCUT2D eigenvalue weighted by Crippen LogP contribution is 2.13. The van der Waals surface area contributed by atoms with Gasteiger partial charge in [0.25, 0.3) is 0 Å². The molecule has 0 aliphatic heterocycles. The topological polar surface area (TPSA) is 55.4 Å². The van der Waals surface area contributed by atoms with Crippen molar-refractivity contribution in [2.24, 2.45) is 5.92 Å². The Labute approximate surface area is 120 Å². The van der Waals surface area contributed by atoms with Crippen LogP contribution in [0.2, 0.25) is 0 Å². The van der Waals surface area contributed by atoms with E-state index in [4.69, 9.17) is 4.74 Å². The van der Waals surface area contributed by atoms with Crippen LogP contribution in [0.1, 0.15) is 43.5 Å². The maximum absolute atomic E-state index is 11.9. The van der Waals surface area contributed by atoms with Gasteiger partial charge in [-0.25, -0.2) is 0 Å². The lowest BCUT2D eigenvalue weighted by atomic mass is 10.1. The second kappa shape index (κ2) is 8.35. The maximum Gasteiger partial charge on any atom is 0.222 e. The lowest BCUT2D eigenvalue weighted by Crippen LogP contribution is -2.28. The Balaban J connectivity index is 2.24. The Kier molecular flexibility index (Phi) is 6.77. The SMILES string of the molecule is COc1ccc(C(=O)CCCCNC(=O)C(C)C)cc1. The van der Waals surface area contributed by atoms with Crippen LogP contribution in [0.3, 0.4) is 0 Å². The van der Waals surface area contributed by atoms with E-state index in [9.17, 15) is 9.59 Å². The predicted octanol–water partition coefficient (Wildman–Crippen LogP) is 2.82. The van der Waals surface area contributed by atoms with Crippen molar-refractivity contribution in [2.75, 3.05) is 13.7 Å². The van der Waals surface area contributed by atoms with E-state index in [-0.39, 0.29) is 17.6 Å². The highest BCUT2D eigenvalue weighted by molar-refractivity contribution is 5.96. The molecule has 0 heterocycles. The number of hydrogen-bond donors (Lipinski definition) is 1. The van der Waals surface area contributed by atoms with Gasteiger partial charge in [-0.15, -0.1) is 0 Å². The average Bonchev–Trinajstić information content (AvgIpc) is 2.46. The molecular formula is C16H23NO3. The second-order valence-corrected chi connectivity index (χ2v) is 5.05. The van der Waals surface area contributed by atoms with Crippen molar-refractivity contribution in [1.82, 2.24) is 5.32 Å². The third kappa shape index (κ3) is 5.43. The summed E-state index contributed by atoms with van der Waals surface area (Å²) in [5, 5.41) is 2.84. The third-order valence-corrected chi connectivity index (χ3v) is 3.07. The van der Waals surface area contributed by atoms with Gasteiger partial charge in [-0.3, -0.25) is 9.59 Å². The number of methoxy groups -OCH3 is 1. The number of benzene rings is 1. The molecule has 1 aromatic carbocycles. The Morgan fingerprint density at radius 3 is 2.35 bits per heavy atom. The molecule has 0 radical (unpaired) electrons. The van der Waals surface area contributed by atoms with Gasteiger partial charge in [0.2, 0.25) is 5.91 Å². The summed E-state index contributed by atoms with van der Waals surface area (Å²) in [6.07, 6.45) is 2.10. The normalized spacial score (nSPS) is 10.4. The Bertz CT molecular complexity index is 438. The summed E-state index contributed by atoms with van der Waals surface area (Å²) >= 11 is 0. The fourth-order valence-electron chi connectivity index (χ4n) is 1.75. The van der Waals surface area contributed by atoms with Crippen molar-refractivity contribution in [2.45, 2.75) is 33.1 Å². The first-order valence-corrected chi connectivity index (χ1v) is 6.99. The van der Waals surface area contributed by atoms with Crippen molar-refractivity contribution in [3.63, 3.8) is 0 Å². The number of unbranched alkanes of at least 4 members (excludes halogenated alkanes) is 1. The molecule has 4 nitrogen and oxygen atoms in total. The van der Waals surface area contributed by atoms with Crippen LogP contribution in [0.25, 0.3) is 0 Å². The van der Waals surface area contributed by atoms with Crippen LogP contribution in [-0.4, -0.2) is 25.3 Å². The molecule has 0 saturated carbocycles. The molecule has 1 rings (SSSR count). The molecular weight excluding hydrogens is 254 g/mol. The monoisotopic (exact) mass is 277 g/mol. The van der Waals surface area contributed by atoms with Gasteiger partial charge in [0.1, 0.15) is 5.75 Å². The predicted molar refractivity (Wildman–Crippen MR) is 79.0 cm³/mol. The largest absolute Gasteiger partial charge is 0.497 e. The van der Waals surface area contributed by atoms with Crippen molar-refractivity contribution in [3.8, 4) is 5.75 Å². The number of carbonyl (C=O) groups excluding carboxylic acids is 2. The molecule has 1 N–H and O–H groups in total. The van der Waals surface area contributed by atoms with Crippen LogP contribution in [-0.2, 0) is 4.79 Å². The van der Waals surface area contributed by atoms with E-state index in [1.165, 1.54) is 0 Å². The van der Waals surface area contributed by atoms with Gasteiger partial charge in [-0.2, -0.15) is 0 Å². The van der Waals surface area contributed by atoms with E-state index < -0.39 is 0 Å². The van der Waals surface area contributed by atoms with E-state index in [1.807, 2.05) is 13.8 Å². The zero-order chi connectivity index (χ0) is 15.0. The summed E-state index contributed by atoms with van der Waals surface area (Å²) in [4.78, 5) is 23.3. The fraction of sp³-hybridized carbons (Fsp3) is 0.500. The van der Waals surface area contributed by atoms with Crippen molar-refractivity contribution >= 4 is 11.7 Å². The van der Waals surface area contributed by atoms with Crippen LogP contribution in [0.15, 0.2) is 24.3 Å². The van der Waals surface area contributed by atoms with Gasteiger partial charge in [-0.1, -0.05) is 13.8 Å². The van der Waals surface area contributed by atoms with Crippen LogP contribution >= 0.6 is 0 Å². The Morgan fingerprint density at radius 1 is 1.15 bits per heavy atom. The number of amides is 1. The summed E-state index contributed by atoms with van der Waals surface area (Å²) in [6.45, 7) is 4.36. The number of nitrogens with one attached hydrogen (secondary N) is 1. The first-order chi connectivity index (χ1) is 9.54. The summed E-state index contributed by atoms with van der Waals surface area (Å²) in [5.74, 6) is 0.947. The Morgan fingerprint density at radius 2 is 1.80 bits per heavy atom. The van der Waals surface area contributed by atoms with Gasteiger partial charge < -0.3 is 10.1 Å². The maximum atomic E-state index is 11.9. The van der Waals surface area contributed by atoms with Gasteiger partial charge in [0.05, 0.1) is 7.11 Å². The number of carbonyl (C=O) groups is 2. The summed E-state index contributed by atoms with van der Waals surface area (Å²) in [7, 11) is 1.60. The molecule has 0 aromatic heterocycles. The molecule has 0 fully saturated rings. The van der Waals surface area contributed by atoms with Crippen molar-refractivity contribution in [1.29, 1.82) is 0 Å². The standard InChI is InChI=1S/C16H23NO3/c1-12(2)16(19)17-11-5-4-6-15(18)13-7-9-14(20-3)10-8-13/h7-10,12H,4-6,11H2,1-3H3,(H,17,19). The molecule has 0 aliphatic rings. The quantitative estimate of drug-likeness (QED) is 0.587. The van der Waals surface area contributed by atoms with Crippen LogP contribution in [0.5, 0.6) is 5.75 Å². The number of ketones is 1. The molecule has 1 amide bonds. The molecule has 0 atom stereocenters. The highest BCUT2D eigenvalue weighted by Gasteiger charge is 2.07. The van der Waals surface area contributed by atoms with Crippen LogP contribution in [0, 0.1) is 5.92 Å². The number of rotatable bonds is 8. The van der Waals surface area contributed by atoms with E-state index in [0.29, 0.717) is 18.5 Å². The summed E-state index contributed by atoms with van der Waals surface area (Å²) in [5.41, 5.74) is 0.706. The lowest BCUT2D eigenvalue weighted by Gasteiger charge is -2.07. The number of ether oxygens (including phenoxy) is 1. The van der Waals surface area contributed by atoms with Crippen LogP contribution in [0.4, 0.5) is 0 Å². The van der Waals surface area contributed by atoms with Gasteiger partial charge in [0, 0.05) is 24.4 Å². The molecule has 1 aromatic rings. The molecule has 110 valence electrons. The Hall–Kier alpha value is -1.84. The summed E-state index contributed by atoms with van der Waals surface area (Å²) < 4.78 is 5.05. The minimum atomic E-state index is 0.0101. The molecule has 20 heavy (non-hydrogen) atoms. The fourth-order valence-corrected chi connectivity index (χ4v) is 1.75. The van der Waals surface area contributed by atoms with Gasteiger partial charge in [-0.05, 0) is 37.1 Å². The number of Topliss-reactive ketones (excluding diaryl/α,β-unsaturated/α-hetero) is 1. The smallest absolute Gasteiger partial charge is 0.222 e. The molecule has 4 heteroatoms. The van der Waals surface area contributed by atoms with E-state index in [2.05, 4.69) is 5.32 Å². The van der Waals surface area contributed by atoms with Gasteiger partial charge >= 0.3 is 0 Å². The second-order valence-electron chi connectivity index (χ2n) is 5.05. The molecule has 0 unspecified atom stereocenters. The summed E-state index contributed by atoms with van der Waals surface area (Å²) in [6, 6.07) is 7.13. The number of hydrogen-bond acceptors (Lipinski definition) is 3. The zero-order valence-electron chi connectivity index (χ0n) is 12.4. The molecule has 0 aliphatic carbocycles. The third-order valence-electron chi connectivity index (χ3n) is 3.07. The zero-order valence-corrected chi connectivity index (χ0v) is 12.4. The first-order valence-electron chi connectivity index (χ1n) is 6.99. The van der Waals surface area contributed by atoms with Crippen LogP contribution < -0.4 is 10.1 Å². The minimum absolute atomic E-state index is 0.0101. The molecule has 0 bridgehead atoms. The molecule has 0 saturated heterocycles. The van der Waals surface area contributed by atoms with E-state index >= 15 is 0 Å². The first kappa shape index (κ1) is 16.2. The van der Waals surface area contributed by atoms with E-state index in [0.717, 1.165) is 18.6 Å². The lowest BCUT2D eigenvalue weighted by molar-refractivity contribution is -0.123. The molecule has 0 spiro atoms. The van der Waals surface area contributed by atoms with Gasteiger partial charge in [0.15, 0.2) is 5.78 Å². The minimum Gasteiger partial charge on any atom is -0.497 e. The van der Waals surface area contributed by atoms with E-state index in [1.54, 1.807) is 31.4 Å². The average molecular weight is 277 g/mol. The van der Waals surface area contributed by atoms with Crippen molar-refractivity contribution < 1.29 is 14.3 Å². The van der Waals surface area contributed by atoms with Crippen molar-refractivity contribution in [3.05, 3.63) is 29.8 Å². The highest BCUT2D eigenvalue weighted by atomic mass is 16.5.